The van der Waals surface area contributed by atoms with Crippen LogP contribution in [-0.2, 0) is 25.4 Å². The van der Waals surface area contributed by atoms with Gasteiger partial charge in [0.1, 0.15) is 0 Å². The third-order valence-electron chi connectivity index (χ3n) is 2.08. The SMILES string of the molecule is C=CS(=O)ON1CCN(S(=O)(=O)C=C)CC1. The first kappa shape index (κ1) is 13.5. The van der Waals surface area contributed by atoms with Crippen LogP contribution in [-0.4, -0.2) is 48.2 Å². The molecule has 92 valence electrons. The molecule has 0 aromatic heterocycles. The van der Waals surface area contributed by atoms with Crippen LogP contribution < -0.4 is 0 Å². The molecule has 0 saturated carbocycles. The Morgan fingerprint density at radius 2 is 1.75 bits per heavy atom. The molecule has 1 atom stereocenters. The Morgan fingerprint density at radius 3 is 2.19 bits per heavy atom. The van der Waals surface area contributed by atoms with Crippen LogP contribution in [0.3, 0.4) is 0 Å². The van der Waals surface area contributed by atoms with E-state index in [9.17, 15) is 12.6 Å². The minimum atomic E-state index is -3.36. The van der Waals surface area contributed by atoms with Gasteiger partial charge in [-0.25, -0.2) is 12.6 Å². The normalized spacial score (nSPS) is 21.5. The Balaban J connectivity index is 2.49. The van der Waals surface area contributed by atoms with E-state index in [0.717, 1.165) is 5.41 Å². The first-order chi connectivity index (χ1) is 7.49. The van der Waals surface area contributed by atoms with Crippen molar-refractivity contribution < 1.29 is 16.9 Å². The second kappa shape index (κ2) is 5.69. The largest absolute Gasteiger partial charge is 0.235 e. The lowest BCUT2D eigenvalue weighted by Gasteiger charge is -2.31. The summed E-state index contributed by atoms with van der Waals surface area (Å²) in [6.45, 7) is 7.90. The molecular weight excluding hydrogens is 252 g/mol. The highest BCUT2D eigenvalue weighted by Crippen LogP contribution is 2.09. The van der Waals surface area contributed by atoms with E-state index in [1.807, 2.05) is 0 Å². The van der Waals surface area contributed by atoms with Crippen LogP contribution in [0, 0.1) is 0 Å². The maximum Gasteiger partial charge on any atom is 0.235 e. The lowest BCUT2D eigenvalue weighted by atomic mass is 10.4. The molecule has 1 fully saturated rings. The lowest BCUT2D eigenvalue weighted by Crippen LogP contribution is -2.47. The zero-order valence-electron chi connectivity index (χ0n) is 8.74. The second-order valence-electron chi connectivity index (χ2n) is 3.04. The van der Waals surface area contributed by atoms with Gasteiger partial charge < -0.3 is 0 Å². The smallest absolute Gasteiger partial charge is 0.223 e. The van der Waals surface area contributed by atoms with E-state index in [2.05, 4.69) is 13.2 Å². The third kappa shape index (κ3) is 3.49. The van der Waals surface area contributed by atoms with Crippen molar-refractivity contribution in [2.24, 2.45) is 0 Å². The van der Waals surface area contributed by atoms with Crippen molar-refractivity contribution in [2.75, 3.05) is 26.2 Å². The molecule has 0 aliphatic carbocycles. The molecule has 0 radical (unpaired) electrons. The van der Waals surface area contributed by atoms with Gasteiger partial charge in [0.05, 0.1) is 0 Å². The number of piperazine rings is 1. The monoisotopic (exact) mass is 266 g/mol. The Kier molecular flexibility index (Phi) is 4.81. The van der Waals surface area contributed by atoms with Gasteiger partial charge in [-0.15, -0.1) is 0 Å². The van der Waals surface area contributed by atoms with E-state index in [1.165, 1.54) is 14.8 Å². The van der Waals surface area contributed by atoms with E-state index in [4.69, 9.17) is 4.28 Å². The molecule has 1 unspecified atom stereocenters. The fourth-order valence-electron chi connectivity index (χ4n) is 1.24. The highest BCUT2D eigenvalue weighted by molar-refractivity contribution is 7.92. The number of sulfonamides is 1. The quantitative estimate of drug-likeness (QED) is 0.690. The second-order valence-corrected chi connectivity index (χ2v) is 5.92. The standard InChI is InChI=1S/C8H14N2O4S2/c1-3-15(11)14-9-5-7-10(8-6-9)16(12,13)4-2/h3-4H,1-2,5-8H2. The van der Waals surface area contributed by atoms with Crippen LogP contribution in [0.15, 0.2) is 24.0 Å². The number of rotatable bonds is 5. The van der Waals surface area contributed by atoms with Crippen molar-refractivity contribution in [2.45, 2.75) is 0 Å². The summed E-state index contributed by atoms with van der Waals surface area (Å²) >= 11 is -1.56. The van der Waals surface area contributed by atoms with Crippen molar-refractivity contribution in [3.63, 3.8) is 0 Å². The Labute approximate surface area is 97.8 Å². The number of hydrogen-bond donors (Lipinski definition) is 0. The summed E-state index contributed by atoms with van der Waals surface area (Å²) in [6, 6.07) is 0. The molecule has 0 spiro atoms. The van der Waals surface area contributed by atoms with Gasteiger partial charge in [0.15, 0.2) is 11.1 Å². The average molecular weight is 266 g/mol. The van der Waals surface area contributed by atoms with Crippen molar-refractivity contribution in [1.29, 1.82) is 0 Å². The van der Waals surface area contributed by atoms with Gasteiger partial charge in [-0.05, 0) is 0 Å². The molecule has 0 aromatic rings. The van der Waals surface area contributed by atoms with Crippen LogP contribution in [0.5, 0.6) is 0 Å². The van der Waals surface area contributed by atoms with Crippen molar-refractivity contribution >= 4 is 21.1 Å². The van der Waals surface area contributed by atoms with Gasteiger partial charge in [-0.1, -0.05) is 13.2 Å². The van der Waals surface area contributed by atoms with Gasteiger partial charge in [-0.3, -0.25) is 0 Å². The molecule has 6 nitrogen and oxygen atoms in total. The van der Waals surface area contributed by atoms with E-state index in [-0.39, 0.29) is 0 Å². The highest BCUT2D eigenvalue weighted by atomic mass is 32.2. The summed E-state index contributed by atoms with van der Waals surface area (Å²) in [5.74, 6) is 0. The molecular formula is C8H14N2O4S2. The maximum absolute atomic E-state index is 11.4. The van der Waals surface area contributed by atoms with Crippen molar-refractivity contribution in [1.82, 2.24) is 9.37 Å². The topological polar surface area (TPSA) is 66.9 Å². The molecule has 16 heavy (non-hydrogen) atoms. The molecule has 0 aromatic carbocycles. The first-order valence-electron chi connectivity index (χ1n) is 4.58. The van der Waals surface area contributed by atoms with Crippen LogP contribution in [0.1, 0.15) is 0 Å². The molecule has 0 amide bonds. The summed E-state index contributed by atoms with van der Waals surface area (Å²) in [5.41, 5.74) is 0. The van der Waals surface area contributed by atoms with Gasteiger partial charge >= 0.3 is 0 Å². The fraction of sp³-hybridized carbons (Fsp3) is 0.500. The van der Waals surface area contributed by atoms with Crippen LogP contribution >= 0.6 is 0 Å². The van der Waals surface area contributed by atoms with Gasteiger partial charge in [-0.2, -0.15) is 13.7 Å². The highest BCUT2D eigenvalue weighted by Gasteiger charge is 2.25. The van der Waals surface area contributed by atoms with E-state index in [1.54, 1.807) is 0 Å². The van der Waals surface area contributed by atoms with Crippen LogP contribution in [0.4, 0.5) is 0 Å². The summed E-state index contributed by atoms with van der Waals surface area (Å²) in [5, 5.41) is 3.56. The predicted octanol–water partition coefficient (Wildman–Crippen LogP) is -0.184. The van der Waals surface area contributed by atoms with Crippen molar-refractivity contribution in [3.8, 4) is 0 Å². The van der Waals surface area contributed by atoms with Crippen LogP contribution in [0.2, 0.25) is 0 Å². The van der Waals surface area contributed by atoms with Crippen molar-refractivity contribution in [3.05, 3.63) is 24.0 Å². The van der Waals surface area contributed by atoms with E-state index >= 15 is 0 Å². The minimum Gasteiger partial charge on any atom is -0.223 e. The summed E-state index contributed by atoms with van der Waals surface area (Å²) in [4.78, 5) is 0. The Hall–Kier alpha value is -0.540. The van der Waals surface area contributed by atoms with E-state index in [0.29, 0.717) is 26.2 Å². The predicted molar refractivity (Wildman–Crippen MR) is 61.7 cm³/mol. The fourth-order valence-corrected chi connectivity index (χ4v) is 2.54. The zero-order chi connectivity index (χ0) is 12.2. The summed E-state index contributed by atoms with van der Waals surface area (Å²) in [7, 11) is -3.36. The average Bonchev–Trinajstić information content (AvgIpc) is 2.29. The van der Waals surface area contributed by atoms with Crippen LogP contribution in [0.25, 0.3) is 0 Å². The Morgan fingerprint density at radius 1 is 1.19 bits per heavy atom. The number of hydrogen-bond acceptors (Lipinski definition) is 5. The molecule has 8 heteroatoms. The number of hydroxylamine groups is 2. The first-order valence-corrected chi connectivity index (χ1v) is 7.23. The maximum atomic E-state index is 11.4. The van der Waals surface area contributed by atoms with Gasteiger partial charge in [0.25, 0.3) is 0 Å². The summed E-state index contributed by atoms with van der Waals surface area (Å²) in [6.07, 6.45) is 0. The third-order valence-corrected chi connectivity index (χ3v) is 4.22. The van der Waals surface area contributed by atoms with Gasteiger partial charge in [0, 0.05) is 37.0 Å². The molecule has 1 saturated heterocycles. The number of nitrogens with zero attached hydrogens (tertiary/aromatic N) is 2. The summed E-state index contributed by atoms with van der Waals surface area (Å²) < 4.78 is 40.1. The minimum absolute atomic E-state index is 0.294. The lowest BCUT2D eigenvalue weighted by molar-refractivity contribution is -0.0642. The Bertz CT molecular complexity index is 385. The zero-order valence-corrected chi connectivity index (χ0v) is 10.4. The molecule has 1 rings (SSSR count). The van der Waals surface area contributed by atoms with Gasteiger partial charge in [0.2, 0.25) is 10.0 Å². The molecule has 1 aliphatic heterocycles. The molecule has 0 N–H and O–H groups in total. The molecule has 0 bridgehead atoms. The molecule has 1 aliphatic rings. The molecule has 1 heterocycles. The van der Waals surface area contributed by atoms with E-state index < -0.39 is 21.1 Å².